The third-order valence-corrected chi connectivity index (χ3v) is 3.24. The van der Waals surface area contributed by atoms with Gasteiger partial charge in [-0.05, 0) is 37.0 Å². The van der Waals surface area contributed by atoms with Crippen molar-refractivity contribution >= 4 is 0 Å². The Kier molecular flexibility index (Phi) is 6.63. The lowest BCUT2D eigenvalue weighted by Crippen LogP contribution is -1.99. The number of rotatable bonds is 8. The minimum Gasteiger partial charge on any atom is -0.496 e. The molecule has 1 aromatic rings. The van der Waals surface area contributed by atoms with E-state index < -0.39 is 0 Å². The SMILES string of the molecule is CCCCCc1cc(OC)c(CCC)c(OC)c1. The van der Waals surface area contributed by atoms with Gasteiger partial charge in [0.2, 0.25) is 0 Å². The molecule has 0 saturated heterocycles. The molecule has 0 bridgehead atoms. The first-order chi connectivity index (χ1) is 8.76. The van der Waals surface area contributed by atoms with Crippen molar-refractivity contribution in [3.8, 4) is 11.5 Å². The van der Waals surface area contributed by atoms with Gasteiger partial charge in [-0.15, -0.1) is 0 Å². The Labute approximate surface area is 111 Å². The number of benzene rings is 1. The van der Waals surface area contributed by atoms with Crippen LogP contribution in [0.25, 0.3) is 0 Å². The van der Waals surface area contributed by atoms with Gasteiger partial charge in [0.15, 0.2) is 0 Å². The average Bonchev–Trinajstić information content (AvgIpc) is 2.40. The van der Waals surface area contributed by atoms with Crippen LogP contribution in [0.2, 0.25) is 0 Å². The van der Waals surface area contributed by atoms with Crippen molar-refractivity contribution in [3.05, 3.63) is 23.3 Å². The summed E-state index contributed by atoms with van der Waals surface area (Å²) in [6.45, 7) is 4.40. The zero-order chi connectivity index (χ0) is 13.4. The summed E-state index contributed by atoms with van der Waals surface area (Å²) >= 11 is 0. The Morgan fingerprint density at radius 1 is 0.833 bits per heavy atom. The molecule has 0 fully saturated rings. The number of unbranched alkanes of at least 4 members (excludes halogenated alkanes) is 2. The molecule has 0 saturated carbocycles. The standard InChI is InChI=1S/C16H26O2/c1-5-7-8-10-13-11-15(17-3)14(9-6-2)16(12-13)18-4/h11-12H,5-10H2,1-4H3. The normalized spacial score (nSPS) is 10.4. The minimum absolute atomic E-state index is 0.975. The van der Waals surface area contributed by atoms with Crippen LogP contribution in [0, 0.1) is 0 Å². The average molecular weight is 250 g/mol. The van der Waals surface area contributed by atoms with Crippen molar-refractivity contribution in [2.24, 2.45) is 0 Å². The molecule has 18 heavy (non-hydrogen) atoms. The summed E-state index contributed by atoms with van der Waals surface area (Å²) in [6.07, 6.45) is 6.97. The van der Waals surface area contributed by atoms with Gasteiger partial charge in [-0.25, -0.2) is 0 Å². The first kappa shape index (κ1) is 14.9. The lowest BCUT2D eigenvalue weighted by molar-refractivity contribution is 0.384. The first-order valence-electron chi connectivity index (χ1n) is 7.00. The summed E-state index contributed by atoms with van der Waals surface area (Å²) in [5, 5.41) is 0. The van der Waals surface area contributed by atoms with Crippen molar-refractivity contribution in [3.63, 3.8) is 0 Å². The largest absolute Gasteiger partial charge is 0.496 e. The third-order valence-electron chi connectivity index (χ3n) is 3.24. The van der Waals surface area contributed by atoms with Gasteiger partial charge in [-0.2, -0.15) is 0 Å². The monoisotopic (exact) mass is 250 g/mol. The van der Waals surface area contributed by atoms with E-state index in [9.17, 15) is 0 Å². The fraction of sp³-hybridized carbons (Fsp3) is 0.625. The maximum Gasteiger partial charge on any atom is 0.126 e. The van der Waals surface area contributed by atoms with E-state index in [1.165, 1.54) is 30.4 Å². The molecule has 0 atom stereocenters. The van der Waals surface area contributed by atoms with Crippen LogP contribution in [0.3, 0.4) is 0 Å². The molecular formula is C16H26O2. The molecule has 102 valence electrons. The van der Waals surface area contributed by atoms with E-state index in [1.54, 1.807) is 14.2 Å². The number of hydrogen-bond donors (Lipinski definition) is 0. The van der Waals surface area contributed by atoms with E-state index in [2.05, 4.69) is 26.0 Å². The zero-order valence-electron chi connectivity index (χ0n) is 12.2. The molecule has 0 aliphatic carbocycles. The van der Waals surface area contributed by atoms with Crippen LogP contribution in [0.5, 0.6) is 11.5 Å². The van der Waals surface area contributed by atoms with Crippen LogP contribution in [-0.2, 0) is 12.8 Å². The van der Waals surface area contributed by atoms with Crippen molar-refractivity contribution in [2.75, 3.05) is 14.2 Å². The van der Waals surface area contributed by atoms with E-state index in [-0.39, 0.29) is 0 Å². The van der Waals surface area contributed by atoms with Crippen molar-refractivity contribution in [1.29, 1.82) is 0 Å². The highest BCUT2D eigenvalue weighted by Gasteiger charge is 2.11. The molecule has 1 aromatic carbocycles. The molecule has 0 radical (unpaired) electrons. The lowest BCUT2D eigenvalue weighted by atomic mass is 10.0. The second-order valence-electron chi connectivity index (χ2n) is 4.69. The van der Waals surface area contributed by atoms with E-state index in [0.29, 0.717) is 0 Å². The highest BCUT2D eigenvalue weighted by Crippen LogP contribution is 2.32. The summed E-state index contributed by atoms with van der Waals surface area (Å²) < 4.78 is 11.0. The van der Waals surface area contributed by atoms with Crippen molar-refractivity contribution < 1.29 is 9.47 Å². The van der Waals surface area contributed by atoms with Crippen LogP contribution < -0.4 is 9.47 Å². The summed E-state index contributed by atoms with van der Waals surface area (Å²) in [5.74, 6) is 1.95. The van der Waals surface area contributed by atoms with Crippen LogP contribution in [0.15, 0.2) is 12.1 Å². The highest BCUT2D eigenvalue weighted by molar-refractivity contribution is 5.48. The molecule has 0 aromatic heterocycles. The molecule has 0 aliphatic heterocycles. The summed E-state index contributed by atoms with van der Waals surface area (Å²) in [4.78, 5) is 0. The van der Waals surface area contributed by atoms with E-state index in [1.807, 2.05) is 0 Å². The Bertz CT molecular complexity index is 333. The smallest absolute Gasteiger partial charge is 0.126 e. The third kappa shape index (κ3) is 3.94. The molecule has 0 unspecified atom stereocenters. The lowest BCUT2D eigenvalue weighted by Gasteiger charge is -2.15. The van der Waals surface area contributed by atoms with Gasteiger partial charge >= 0.3 is 0 Å². The Morgan fingerprint density at radius 3 is 1.89 bits per heavy atom. The van der Waals surface area contributed by atoms with Gasteiger partial charge < -0.3 is 9.47 Å². The number of ether oxygens (including phenoxy) is 2. The fourth-order valence-electron chi connectivity index (χ4n) is 2.26. The predicted molar refractivity (Wildman–Crippen MR) is 76.8 cm³/mol. The van der Waals surface area contributed by atoms with Gasteiger partial charge in [0, 0.05) is 5.56 Å². The number of methoxy groups -OCH3 is 2. The van der Waals surface area contributed by atoms with E-state index in [4.69, 9.17) is 9.47 Å². The molecule has 1 rings (SSSR count). The van der Waals surface area contributed by atoms with Crippen LogP contribution >= 0.6 is 0 Å². The first-order valence-corrected chi connectivity index (χ1v) is 7.00. The van der Waals surface area contributed by atoms with Gasteiger partial charge in [0.25, 0.3) is 0 Å². The molecular weight excluding hydrogens is 224 g/mol. The second kappa shape index (κ2) is 8.02. The van der Waals surface area contributed by atoms with Crippen molar-refractivity contribution in [2.45, 2.75) is 52.4 Å². The Hall–Kier alpha value is -1.18. The number of hydrogen-bond acceptors (Lipinski definition) is 2. The van der Waals surface area contributed by atoms with Gasteiger partial charge in [-0.3, -0.25) is 0 Å². The Balaban J connectivity index is 2.94. The quantitative estimate of drug-likeness (QED) is 0.637. The molecule has 2 nitrogen and oxygen atoms in total. The maximum atomic E-state index is 5.51. The summed E-state index contributed by atoms with van der Waals surface area (Å²) in [7, 11) is 3.48. The van der Waals surface area contributed by atoms with E-state index >= 15 is 0 Å². The highest BCUT2D eigenvalue weighted by atomic mass is 16.5. The fourth-order valence-corrected chi connectivity index (χ4v) is 2.26. The molecule has 0 amide bonds. The molecule has 0 heterocycles. The van der Waals surface area contributed by atoms with Gasteiger partial charge in [-0.1, -0.05) is 33.1 Å². The second-order valence-corrected chi connectivity index (χ2v) is 4.69. The predicted octanol–water partition coefficient (Wildman–Crippen LogP) is 4.39. The van der Waals surface area contributed by atoms with E-state index in [0.717, 1.165) is 30.8 Å². The molecule has 2 heteroatoms. The molecule has 0 spiro atoms. The zero-order valence-corrected chi connectivity index (χ0v) is 12.2. The summed E-state index contributed by atoms with van der Waals surface area (Å²) in [6, 6.07) is 4.34. The van der Waals surface area contributed by atoms with Gasteiger partial charge in [0.1, 0.15) is 11.5 Å². The molecule has 0 aliphatic rings. The maximum absolute atomic E-state index is 5.51. The molecule has 0 N–H and O–H groups in total. The van der Waals surface area contributed by atoms with Crippen LogP contribution in [0.4, 0.5) is 0 Å². The topological polar surface area (TPSA) is 18.5 Å². The van der Waals surface area contributed by atoms with Crippen LogP contribution in [0.1, 0.15) is 50.7 Å². The minimum atomic E-state index is 0.975. The van der Waals surface area contributed by atoms with Crippen molar-refractivity contribution in [1.82, 2.24) is 0 Å². The summed E-state index contributed by atoms with van der Waals surface area (Å²) in [5.41, 5.74) is 2.51. The number of aryl methyl sites for hydroxylation is 1. The van der Waals surface area contributed by atoms with Gasteiger partial charge in [0.05, 0.1) is 14.2 Å². The van der Waals surface area contributed by atoms with Crippen LogP contribution in [-0.4, -0.2) is 14.2 Å². The Morgan fingerprint density at radius 2 is 1.44 bits per heavy atom.